The fraction of sp³-hybridized carbons (Fsp3) is 0.316. The van der Waals surface area contributed by atoms with E-state index in [0.717, 1.165) is 30.8 Å². The van der Waals surface area contributed by atoms with Crippen LogP contribution in [0.25, 0.3) is 0 Å². The van der Waals surface area contributed by atoms with Crippen molar-refractivity contribution in [3.8, 4) is 5.75 Å². The van der Waals surface area contributed by atoms with E-state index in [4.69, 9.17) is 9.84 Å². The van der Waals surface area contributed by atoms with E-state index in [1.54, 1.807) is 18.2 Å². The number of likely N-dealkylation sites (N-methyl/N-ethyl adjacent to an activating group) is 1. The molecule has 1 heterocycles. The average Bonchev–Trinajstić information content (AvgIpc) is 2.59. The molecule has 1 aliphatic rings. The van der Waals surface area contributed by atoms with Crippen LogP contribution in [-0.4, -0.2) is 35.2 Å². The number of carbonyl (C=O) groups is 1. The van der Waals surface area contributed by atoms with Gasteiger partial charge in [0.15, 0.2) is 0 Å². The third-order valence-electron chi connectivity index (χ3n) is 4.35. The maximum absolute atomic E-state index is 11.1. The number of hydrogen-bond donors (Lipinski definition) is 1. The smallest absolute Gasteiger partial charge is 0.335 e. The number of carboxylic acids is 1. The van der Waals surface area contributed by atoms with Gasteiger partial charge in [0, 0.05) is 12.6 Å². The molecule has 4 nitrogen and oxygen atoms in total. The van der Waals surface area contributed by atoms with Crippen LogP contribution in [-0.2, 0) is 13.0 Å². The van der Waals surface area contributed by atoms with E-state index in [1.165, 1.54) is 5.56 Å². The Labute approximate surface area is 136 Å². The highest BCUT2D eigenvalue weighted by atomic mass is 16.5. The lowest BCUT2D eigenvalue weighted by molar-refractivity contribution is 0.0696. The summed E-state index contributed by atoms with van der Waals surface area (Å²) in [5.41, 5.74) is 2.58. The van der Waals surface area contributed by atoms with Crippen LogP contribution in [0.15, 0.2) is 48.5 Å². The first-order valence-electron chi connectivity index (χ1n) is 7.94. The number of nitrogens with zero attached hydrogens (tertiary/aromatic N) is 1. The van der Waals surface area contributed by atoms with Crippen molar-refractivity contribution in [3.05, 3.63) is 65.2 Å². The zero-order valence-corrected chi connectivity index (χ0v) is 13.2. The SMILES string of the molecule is CCN(Cc1ccccc1)[C@@H]1COc2ccc(C(=O)O)cc2C1. The van der Waals surface area contributed by atoms with E-state index in [-0.39, 0.29) is 6.04 Å². The van der Waals surface area contributed by atoms with Gasteiger partial charge < -0.3 is 9.84 Å². The van der Waals surface area contributed by atoms with Crippen molar-refractivity contribution in [2.24, 2.45) is 0 Å². The molecule has 120 valence electrons. The molecule has 1 N–H and O–H groups in total. The van der Waals surface area contributed by atoms with Gasteiger partial charge in [0.05, 0.1) is 5.56 Å². The van der Waals surface area contributed by atoms with Gasteiger partial charge in [-0.1, -0.05) is 37.3 Å². The summed E-state index contributed by atoms with van der Waals surface area (Å²) in [6.07, 6.45) is 0.817. The summed E-state index contributed by atoms with van der Waals surface area (Å²) >= 11 is 0. The Morgan fingerprint density at radius 2 is 2.04 bits per heavy atom. The second kappa shape index (κ2) is 6.84. The van der Waals surface area contributed by atoms with Crippen molar-refractivity contribution in [1.82, 2.24) is 4.90 Å². The molecule has 0 fully saturated rings. The van der Waals surface area contributed by atoms with Crippen molar-refractivity contribution in [1.29, 1.82) is 0 Å². The summed E-state index contributed by atoms with van der Waals surface area (Å²) < 4.78 is 5.86. The first-order chi connectivity index (χ1) is 11.2. The molecule has 0 spiro atoms. The second-order valence-corrected chi connectivity index (χ2v) is 5.85. The predicted octanol–water partition coefficient (Wildman–Crippen LogP) is 3.21. The zero-order chi connectivity index (χ0) is 16.2. The van der Waals surface area contributed by atoms with Crippen molar-refractivity contribution in [2.75, 3.05) is 13.2 Å². The molecular formula is C19H21NO3. The number of aromatic carboxylic acids is 1. The molecule has 2 aromatic carbocycles. The molecule has 2 aromatic rings. The molecule has 0 aromatic heterocycles. The van der Waals surface area contributed by atoms with Crippen LogP contribution in [0.3, 0.4) is 0 Å². The largest absolute Gasteiger partial charge is 0.492 e. The highest BCUT2D eigenvalue weighted by Gasteiger charge is 2.25. The van der Waals surface area contributed by atoms with Crippen molar-refractivity contribution < 1.29 is 14.6 Å². The quantitative estimate of drug-likeness (QED) is 0.921. The van der Waals surface area contributed by atoms with E-state index in [1.807, 2.05) is 6.07 Å². The molecule has 1 aliphatic heterocycles. The van der Waals surface area contributed by atoms with Crippen LogP contribution in [0.4, 0.5) is 0 Å². The zero-order valence-electron chi connectivity index (χ0n) is 13.2. The highest BCUT2D eigenvalue weighted by Crippen LogP contribution is 2.28. The number of rotatable bonds is 5. The van der Waals surface area contributed by atoms with Crippen LogP contribution < -0.4 is 4.74 Å². The minimum atomic E-state index is -0.897. The molecule has 0 bridgehead atoms. The van der Waals surface area contributed by atoms with E-state index >= 15 is 0 Å². The molecule has 1 atom stereocenters. The topological polar surface area (TPSA) is 49.8 Å². The van der Waals surface area contributed by atoms with Gasteiger partial charge in [-0.2, -0.15) is 0 Å². The maximum atomic E-state index is 11.1. The molecule has 0 radical (unpaired) electrons. The van der Waals surface area contributed by atoms with Crippen LogP contribution >= 0.6 is 0 Å². The Morgan fingerprint density at radius 1 is 1.26 bits per heavy atom. The van der Waals surface area contributed by atoms with Crippen LogP contribution in [0.5, 0.6) is 5.75 Å². The Balaban J connectivity index is 1.76. The summed E-state index contributed by atoms with van der Waals surface area (Å²) in [6, 6.07) is 15.7. The van der Waals surface area contributed by atoms with E-state index < -0.39 is 5.97 Å². The molecule has 0 saturated heterocycles. The Kier molecular flexibility index (Phi) is 4.63. The van der Waals surface area contributed by atoms with Gasteiger partial charge in [-0.25, -0.2) is 4.79 Å². The minimum Gasteiger partial charge on any atom is -0.492 e. The maximum Gasteiger partial charge on any atom is 0.335 e. The van der Waals surface area contributed by atoms with Gasteiger partial charge in [-0.05, 0) is 42.3 Å². The monoisotopic (exact) mass is 311 g/mol. The first-order valence-corrected chi connectivity index (χ1v) is 7.94. The fourth-order valence-corrected chi connectivity index (χ4v) is 3.06. The lowest BCUT2D eigenvalue weighted by Crippen LogP contribution is -2.42. The van der Waals surface area contributed by atoms with Gasteiger partial charge in [0.1, 0.15) is 12.4 Å². The number of carboxylic acid groups (broad SMARTS) is 1. The Morgan fingerprint density at radius 3 is 2.74 bits per heavy atom. The molecular weight excluding hydrogens is 290 g/mol. The van der Waals surface area contributed by atoms with Gasteiger partial charge in [-0.3, -0.25) is 4.90 Å². The molecule has 4 heteroatoms. The Bertz CT molecular complexity index is 684. The number of benzene rings is 2. The van der Waals surface area contributed by atoms with E-state index in [9.17, 15) is 4.79 Å². The molecule has 0 unspecified atom stereocenters. The predicted molar refractivity (Wildman–Crippen MR) is 88.9 cm³/mol. The summed E-state index contributed by atoms with van der Waals surface area (Å²) in [4.78, 5) is 13.5. The van der Waals surface area contributed by atoms with Gasteiger partial charge in [-0.15, -0.1) is 0 Å². The average molecular weight is 311 g/mol. The molecule has 0 saturated carbocycles. The fourth-order valence-electron chi connectivity index (χ4n) is 3.06. The third kappa shape index (κ3) is 3.54. The van der Waals surface area contributed by atoms with Crippen molar-refractivity contribution in [3.63, 3.8) is 0 Å². The van der Waals surface area contributed by atoms with E-state index in [0.29, 0.717) is 12.2 Å². The lowest BCUT2D eigenvalue weighted by Gasteiger charge is -2.34. The van der Waals surface area contributed by atoms with Crippen LogP contribution in [0.2, 0.25) is 0 Å². The van der Waals surface area contributed by atoms with Crippen molar-refractivity contribution in [2.45, 2.75) is 25.9 Å². The number of hydrogen-bond acceptors (Lipinski definition) is 3. The first kappa shape index (κ1) is 15.6. The molecule has 0 aliphatic carbocycles. The summed E-state index contributed by atoms with van der Waals surface area (Å²) in [6.45, 7) is 4.59. The molecule has 0 amide bonds. The molecule has 3 rings (SSSR count). The number of fused-ring (bicyclic) bond motifs is 1. The van der Waals surface area contributed by atoms with E-state index in [2.05, 4.69) is 36.1 Å². The van der Waals surface area contributed by atoms with Gasteiger partial charge >= 0.3 is 5.97 Å². The molecule has 23 heavy (non-hydrogen) atoms. The Hall–Kier alpha value is -2.33. The number of ether oxygens (including phenoxy) is 1. The summed E-state index contributed by atoms with van der Waals surface area (Å²) in [5.74, 6) is -0.0893. The van der Waals surface area contributed by atoms with Crippen LogP contribution in [0.1, 0.15) is 28.4 Å². The van der Waals surface area contributed by atoms with Crippen LogP contribution in [0, 0.1) is 0 Å². The standard InChI is InChI=1S/C19H21NO3/c1-2-20(12-14-6-4-3-5-7-14)17-11-16-10-15(19(21)22)8-9-18(16)23-13-17/h3-10,17H,2,11-13H2,1H3,(H,21,22)/t17-/m0/s1. The minimum absolute atomic E-state index is 0.261. The van der Waals surface area contributed by atoms with Gasteiger partial charge in [0.25, 0.3) is 0 Å². The second-order valence-electron chi connectivity index (χ2n) is 5.85. The van der Waals surface area contributed by atoms with Gasteiger partial charge in [0.2, 0.25) is 0 Å². The third-order valence-corrected chi connectivity index (χ3v) is 4.35. The summed E-state index contributed by atoms with van der Waals surface area (Å²) in [7, 11) is 0. The normalized spacial score (nSPS) is 16.7. The van der Waals surface area contributed by atoms with Crippen molar-refractivity contribution >= 4 is 5.97 Å². The highest BCUT2D eigenvalue weighted by molar-refractivity contribution is 5.88. The summed E-state index contributed by atoms with van der Waals surface area (Å²) in [5, 5.41) is 9.15. The lowest BCUT2D eigenvalue weighted by atomic mass is 9.98.